The molecule has 2 N–H and O–H groups in total. The van der Waals surface area contributed by atoms with Crippen molar-refractivity contribution >= 4 is 22.6 Å². The Hall–Kier alpha value is -2.17. The van der Waals surface area contributed by atoms with E-state index in [4.69, 9.17) is 0 Å². The average molecular weight is 259 g/mol. The molecule has 5 heteroatoms. The first-order chi connectivity index (χ1) is 9.07. The van der Waals surface area contributed by atoms with Crippen LogP contribution < -0.4 is 5.32 Å². The highest BCUT2D eigenvalue weighted by atomic mass is 16.4. The molecule has 0 radical (unpaired) electrons. The number of fused-ring (bicyclic) bond motifs is 1. The lowest BCUT2D eigenvalue weighted by molar-refractivity contribution is -0.141. The number of carboxylic acids is 1. The average Bonchev–Trinajstić information content (AvgIpc) is 2.39. The predicted octanol–water partition coefficient (Wildman–Crippen LogP) is 2.69. The van der Waals surface area contributed by atoms with Crippen molar-refractivity contribution in [2.75, 3.05) is 5.32 Å². The Labute approximate surface area is 111 Å². The lowest BCUT2D eigenvalue weighted by Gasteiger charge is -2.27. The van der Waals surface area contributed by atoms with Crippen LogP contribution in [0, 0.1) is 0 Å². The molecule has 1 unspecified atom stereocenters. The van der Waals surface area contributed by atoms with Gasteiger partial charge in [-0.3, -0.25) is 0 Å². The Kier molecular flexibility index (Phi) is 3.64. The zero-order valence-electron chi connectivity index (χ0n) is 11.1. The first kappa shape index (κ1) is 13.3. The third-order valence-electron chi connectivity index (χ3n) is 3.18. The number of carboxylic acid groups (broad SMARTS) is 1. The van der Waals surface area contributed by atoms with E-state index in [0.29, 0.717) is 12.1 Å². The molecule has 1 aromatic carbocycles. The summed E-state index contributed by atoms with van der Waals surface area (Å²) in [5.74, 6) is -0.866. The topological polar surface area (TPSA) is 75.1 Å². The van der Waals surface area contributed by atoms with Crippen LogP contribution in [0.2, 0.25) is 0 Å². The maximum atomic E-state index is 11.5. The van der Waals surface area contributed by atoms with Gasteiger partial charge >= 0.3 is 5.97 Å². The van der Waals surface area contributed by atoms with Crippen LogP contribution in [0.5, 0.6) is 0 Å². The number of hydrogen-bond acceptors (Lipinski definition) is 4. The molecule has 100 valence electrons. The van der Waals surface area contributed by atoms with Crippen LogP contribution in [0.15, 0.2) is 30.5 Å². The quantitative estimate of drug-likeness (QED) is 0.863. The fourth-order valence-corrected chi connectivity index (χ4v) is 2.13. The highest BCUT2D eigenvalue weighted by Gasteiger charge is 2.32. The van der Waals surface area contributed by atoms with E-state index in [1.165, 1.54) is 0 Å². The summed E-state index contributed by atoms with van der Waals surface area (Å²) >= 11 is 0. The van der Waals surface area contributed by atoms with Crippen LogP contribution >= 0.6 is 0 Å². The standard InChI is InChI=1S/C14H17N3O2/c1-3-8-14(2,13(18)19)16-12-9-15-17-11-7-5-4-6-10(11)12/h4-7,9H,3,8H2,1-2H3,(H,16,17)(H,18,19). The smallest absolute Gasteiger partial charge is 0.329 e. The molecule has 2 aromatic rings. The number of aromatic nitrogens is 2. The van der Waals surface area contributed by atoms with E-state index in [-0.39, 0.29) is 0 Å². The van der Waals surface area contributed by atoms with Gasteiger partial charge in [0.2, 0.25) is 0 Å². The third-order valence-corrected chi connectivity index (χ3v) is 3.18. The Morgan fingerprint density at radius 1 is 1.42 bits per heavy atom. The van der Waals surface area contributed by atoms with E-state index in [9.17, 15) is 9.90 Å². The van der Waals surface area contributed by atoms with E-state index in [1.54, 1.807) is 13.1 Å². The predicted molar refractivity (Wildman–Crippen MR) is 74.1 cm³/mol. The van der Waals surface area contributed by atoms with Gasteiger partial charge < -0.3 is 10.4 Å². The molecule has 0 spiro atoms. The second-order valence-corrected chi connectivity index (χ2v) is 4.79. The van der Waals surface area contributed by atoms with Crippen molar-refractivity contribution in [1.82, 2.24) is 10.2 Å². The molecule has 1 aromatic heterocycles. The van der Waals surface area contributed by atoms with Crippen molar-refractivity contribution in [3.05, 3.63) is 30.5 Å². The molecule has 0 bridgehead atoms. The number of rotatable bonds is 5. The number of hydrogen-bond donors (Lipinski definition) is 2. The summed E-state index contributed by atoms with van der Waals surface area (Å²) < 4.78 is 0. The van der Waals surface area contributed by atoms with Gasteiger partial charge in [-0.15, -0.1) is 0 Å². The summed E-state index contributed by atoms with van der Waals surface area (Å²) in [6.07, 6.45) is 2.89. The van der Waals surface area contributed by atoms with Crippen LogP contribution in [0.3, 0.4) is 0 Å². The largest absolute Gasteiger partial charge is 0.480 e. The number of nitrogens with zero attached hydrogens (tertiary/aromatic N) is 2. The van der Waals surface area contributed by atoms with E-state index >= 15 is 0 Å². The zero-order chi connectivity index (χ0) is 13.9. The summed E-state index contributed by atoms with van der Waals surface area (Å²) in [4.78, 5) is 11.5. The van der Waals surface area contributed by atoms with E-state index < -0.39 is 11.5 Å². The van der Waals surface area contributed by atoms with Gasteiger partial charge in [0, 0.05) is 5.39 Å². The fourth-order valence-electron chi connectivity index (χ4n) is 2.13. The molecule has 0 aliphatic carbocycles. The van der Waals surface area contributed by atoms with E-state index in [2.05, 4.69) is 15.5 Å². The lowest BCUT2D eigenvalue weighted by atomic mass is 9.95. The van der Waals surface area contributed by atoms with Crippen LogP contribution in [0.1, 0.15) is 26.7 Å². The lowest BCUT2D eigenvalue weighted by Crippen LogP contribution is -2.43. The molecule has 0 amide bonds. The van der Waals surface area contributed by atoms with Crippen LogP contribution in [-0.4, -0.2) is 26.8 Å². The summed E-state index contributed by atoms with van der Waals surface area (Å²) in [7, 11) is 0. The zero-order valence-corrected chi connectivity index (χ0v) is 11.1. The molecule has 5 nitrogen and oxygen atoms in total. The van der Waals surface area contributed by atoms with Gasteiger partial charge in [-0.2, -0.15) is 10.2 Å². The van der Waals surface area contributed by atoms with Gasteiger partial charge in [-0.1, -0.05) is 31.5 Å². The SMILES string of the molecule is CCCC(C)(Nc1cnnc2ccccc12)C(=O)O. The molecular weight excluding hydrogens is 242 g/mol. The highest BCUT2D eigenvalue weighted by Crippen LogP contribution is 2.25. The van der Waals surface area contributed by atoms with Crippen molar-refractivity contribution in [2.45, 2.75) is 32.2 Å². The van der Waals surface area contributed by atoms with Crippen molar-refractivity contribution in [2.24, 2.45) is 0 Å². The number of carbonyl (C=O) groups is 1. The van der Waals surface area contributed by atoms with Gasteiger partial charge in [0.05, 0.1) is 17.4 Å². The van der Waals surface area contributed by atoms with Gasteiger partial charge in [-0.25, -0.2) is 4.79 Å². The monoisotopic (exact) mass is 259 g/mol. The summed E-state index contributed by atoms with van der Waals surface area (Å²) in [5, 5.41) is 21.3. The molecule has 2 rings (SSSR count). The Morgan fingerprint density at radius 2 is 2.16 bits per heavy atom. The normalized spacial score (nSPS) is 14.0. The Morgan fingerprint density at radius 3 is 2.84 bits per heavy atom. The van der Waals surface area contributed by atoms with Crippen molar-refractivity contribution < 1.29 is 9.90 Å². The van der Waals surface area contributed by atoms with E-state index in [0.717, 1.165) is 17.3 Å². The Bertz CT molecular complexity index is 595. The molecule has 1 heterocycles. The second-order valence-electron chi connectivity index (χ2n) is 4.79. The van der Waals surface area contributed by atoms with Crippen molar-refractivity contribution in [3.63, 3.8) is 0 Å². The minimum atomic E-state index is -0.999. The van der Waals surface area contributed by atoms with Crippen LogP contribution in [-0.2, 0) is 4.79 Å². The molecule has 1 atom stereocenters. The molecule has 0 saturated carbocycles. The summed E-state index contributed by atoms with van der Waals surface area (Å²) in [6, 6.07) is 7.53. The molecule has 0 saturated heterocycles. The number of anilines is 1. The number of aliphatic carboxylic acids is 1. The number of benzene rings is 1. The van der Waals surface area contributed by atoms with Gasteiger partial charge in [-0.05, 0) is 19.4 Å². The minimum absolute atomic E-state index is 0.541. The fraction of sp³-hybridized carbons (Fsp3) is 0.357. The van der Waals surface area contributed by atoms with E-state index in [1.807, 2.05) is 31.2 Å². The van der Waals surface area contributed by atoms with Gasteiger partial charge in [0.25, 0.3) is 0 Å². The van der Waals surface area contributed by atoms with Crippen LogP contribution in [0.4, 0.5) is 5.69 Å². The van der Waals surface area contributed by atoms with Crippen molar-refractivity contribution in [1.29, 1.82) is 0 Å². The summed E-state index contributed by atoms with van der Waals surface area (Å²) in [5.41, 5.74) is 0.446. The highest BCUT2D eigenvalue weighted by molar-refractivity contribution is 5.93. The number of nitrogens with one attached hydrogen (secondary N) is 1. The third kappa shape index (κ3) is 2.65. The van der Waals surface area contributed by atoms with Gasteiger partial charge in [0.1, 0.15) is 5.54 Å². The second kappa shape index (κ2) is 5.22. The maximum absolute atomic E-state index is 11.5. The van der Waals surface area contributed by atoms with Crippen LogP contribution in [0.25, 0.3) is 10.9 Å². The van der Waals surface area contributed by atoms with Gasteiger partial charge in [0.15, 0.2) is 0 Å². The maximum Gasteiger partial charge on any atom is 0.329 e. The Balaban J connectivity index is 2.42. The molecule has 0 fully saturated rings. The molecule has 0 aliphatic heterocycles. The first-order valence-electron chi connectivity index (χ1n) is 6.29. The first-order valence-corrected chi connectivity index (χ1v) is 6.29. The summed E-state index contributed by atoms with van der Waals surface area (Å²) in [6.45, 7) is 3.65. The molecule has 0 aliphatic rings. The minimum Gasteiger partial charge on any atom is -0.480 e. The molecule has 19 heavy (non-hydrogen) atoms. The molecular formula is C14H17N3O2. The van der Waals surface area contributed by atoms with Crippen molar-refractivity contribution in [3.8, 4) is 0 Å².